The van der Waals surface area contributed by atoms with E-state index in [1.807, 2.05) is 12.1 Å². The summed E-state index contributed by atoms with van der Waals surface area (Å²) in [5, 5.41) is 3.28. The van der Waals surface area contributed by atoms with Crippen molar-refractivity contribution >= 4 is 17.7 Å². The number of esters is 1. The summed E-state index contributed by atoms with van der Waals surface area (Å²) < 4.78 is 9.57. The highest BCUT2D eigenvalue weighted by molar-refractivity contribution is 8.00. The lowest BCUT2D eigenvalue weighted by atomic mass is 10.2. The topological polar surface area (TPSA) is 47.6 Å². The van der Waals surface area contributed by atoms with Gasteiger partial charge in [-0.2, -0.15) is 0 Å². The molecule has 0 bridgehead atoms. The van der Waals surface area contributed by atoms with Gasteiger partial charge >= 0.3 is 5.97 Å². The van der Waals surface area contributed by atoms with Crippen LogP contribution in [0, 0.1) is 0 Å². The average Bonchev–Trinajstić information content (AvgIpc) is 2.41. The molecule has 0 saturated carbocycles. The lowest BCUT2D eigenvalue weighted by Gasteiger charge is -2.06. The van der Waals surface area contributed by atoms with E-state index >= 15 is 0 Å². The van der Waals surface area contributed by atoms with Gasteiger partial charge in [0.15, 0.2) is 0 Å². The number of thioether (sulfide) groups is 1. The van der Waals surface area contributed by atoms with Crippen LogP contribution >= 0.6 is 11.8 Å². The first-order valence-corrected chi connectivity index (χ1v) is 6.73. The summed E-state index contributed by atoms with van der Waals surface area (Å²) >= 11 is 1.48. The molecule has 0 amide bonds. The number of methoxy groups -OCH3 is 2. The fraction of sp³-hybridized carbons (Fsp3) is 0.462. The first-order chi connectivity index (χ1) is 8.76. The minimum Gasteiger partial charge on any atom is -0.468 e. The van der Waals surface area contributed by atoms with E-state index in [1.165, 1.54) is 24.4 Å². The van der Waals surface area contributed by atoms with Crippen molar-refractivity contribution in [3.8, 4) is 0 Å². The van der Waals surface area contributed by atoms with Crippen molar-refractivity contribution < 1.29 is 14.3 Å². The zero-order chi connectivity index (χ0) is 13.2. The van der Waals surface area contributed by atoms with Gasteiger partial charge in [0.2, 0.25) is 0 Å². The molecule has 0 spiro atoms. The highest BCUT2D eigenvalue weighted by atomic mass is 32.2. The van der Waals surface area contributed by atoms with Crippen LogP contribution in [0.25, 0.3) is 0 Å². The van der Waals surface area contributed by atoms with Gasteiger partial charge in [-0.3, -0.25) is 4.79 Å². The smallest absolute Gasteiger partial charge is 0.315 e. The molecule has 5 heteroatoms. The summed E-state index contributed by atoms with van der Waals surface area (Å²) in [6.07, 6.45) is 0. The van der Waals surface area contributed by atoms with E-state index in [1.54, 1.807) is 7.11 Å². The summed E-state index contributed by atoms with van der Waals surface area (Å²) in [7, 11) is 3.09. The van der Waals surface area contributed by atoms with Gasteiger partial charge in [0, 0.05) is 25.1 Å². The van der Waals surface area contributed by atoms with Gasteiger partial charge in [0.1, 0.15) is 0 Å². The molecule has 0 unspecified atom stereocenters. The summed E-state index contributed by atoms with van der Waals surface area (Å²) in [4.78, 5) is 12.1. The van der Waals surface area contributed by atoms with Crippen molar-refractivity contribution in [3.63, 3.8) is 0 Å². The van der Waals surface area contributed by atoms with Crippen molar-refractivity contribution in [2.45, 2.75) is 11.4 Å². The number of hydrogen-bond donors (Lipinski definition) is 1. The monoisotopic (exact) mass is 269 g/mol. The van der Waals surface area contributed by atoms with Crippen LogP contribution in [0.2, 0.25) is 0 Å². The Kier molecular flexibility index (Phi) is 7.48. The van der Waals surface area contributed by atoms with Gasteiger partial charge in [-0.05, 0) is 17.7 Å². The van der Waals surface area contributed by atoms with E-state index in [9.17, 15) is 4.79 Å². The number of carbonyl (C=O) groups excluding carboxylic acids is 1. The minimum atomic E-state index is -0.205. The molecule has 0 aliphatic rings. The molecule has 0 atom stereocenters. The van der Waals surface area contributed by atoms with Crippen LogP contribution in [0.4, 0.5) is 0 Å². The Hall–Kier alpha value is -1.04. The molecule has 1 aromatic rings. The van der Waals surface area contributed by atoms with Gasteiger partial charge in [0.05, 0.1) is 19.5 Å². The Labute approximate surface area is 112 Å². The van der Waals surface area contributed by atoms with E-state index in [0.29, 0.717) is 12.4 Å². The SMILES string of the molecule is COCCNCc1cccc(SCC(=O)OC)c1. The quantitative estimate of drug-likeness (QED) is 0.442. The van der Waals surface area contributed by atoms with Crippen LogP contribution < -0.4 is 5.32 Å². The Morgan fingerprint density at radius 2 is 2.22 bits per heavy atom. The molecule has 0 heterocycles. The summed E-state index contributed by atoms with van der Waals surface area (Å²) in [5.74, 6) is 0.139. The minimum absolute atomic E-state index is 0.205. The van der Waals surface area contributed by atoms with Crippen molar-refractivity contribution in [2.75, 3.05) is 33.1 Å². The second kappa shape index (κ2) is 8.97. The summed E-state index contributed by atoms with van der Waals surface area (Å²) in [6, 6.07) is 8.12. The average molecular weight is 269 g/mol. The molecule has 18 heavy (non-hydrogen) atoms. The van der Waals surface area contributed by atoms with E-state index in [0.717, 1.165) is 18.0 Å². The van der Waals surface area contributed by atoms with Crippen LogP contribution in [0.3, 0.4) is 0 Å². The van der Waals surface area contributed by atoms with Crippen LogP contribution in [-0.2, 0) is 20.8 Å². The predicted molar refractivity (Wildman–Crippen MR) is 72.8 cm³/mol. The van der Waals surface area contributed by atoms with Gasteiger partial charge in [-0.1, -0.05) is 12.1 Å². The van der Waals surface area contributed by atoms with Crippen LogP contribution in [-0.4, -0.2) is 39.1 Å². The van der Waals surface area contributed by atoms with Crippen molar-refractivity contribution in [3.05, 3.63) is 29.8 Å². The third kappa shape index (κ3) is 6.05. The van der Waals surface area contributed by atoms with Gasteiger partial charge in [0.25, 0.3) is 0 Å². The first-order valence-electron chi connectivity index (χ1n) is 5.74. The number of benzene rings is 1. The Morgan fingerprint density at radius 1 is 1.39 bits per heavy atom. The van der Waals surface area contributed by atoms with Crippen LogP contribution in [0.5, 0.6) is 0 Å². The van der Waals surface area contributed by atoms with Gasteiger partial charge < -0.3 is 14.8 Å². The molecule has 0 radical (unpaired) electrons. The standard InChI is InChI=1S/C13H19NO3S/c1-16-7-6-14-9-11-4-3-5-12(8-11)18-10-13(15)17-2/h3-5,8,14H,6-7,9-10H2,1-2H3. The van der Waals surface area contributed by atoms with E-state index in [-0.39, 0.29) is 5.97 Å². The highest BCUT2D eigenvalue weighted by Gasteiger charge is 2.02. The van der Waals surface area contributed by atoms with Gasteiger partial charge in [-0.15, -0.1) is 11.8 Å². The zero-order valence-electron chi connectivity index (χ0n) is 10.8. The second-order valence-corrected chi connectivity index (χ2v) is 4.73. The molecule has 0 aliphatic carbocycles. The molecule has 100 valence electrons. The molecule has 0 fully saturated rings. The van der Waals surface area contributed by atoms with Crippen LogP contribution in [0.1, 0.15) is 5.56 Å². The van der Waals surface area contributed by atoms with E-state index in [4.69, 9.17) is 4.74 Å². The van der Waals surface area contributed by atoms with Crippen LogP contribution in [0.15, 0.2) is 29.2 Å². The van der Waals surface area contributed by atoms with Gasteiger partial charge in [-0.25, -0.2) is 0 Å². The molecule has 0 aliphatic heterocycles. The fourth-order valence-electron chi connectivity index (χ4n) is 1.35. The lowest BCUT2D eigenvalue weighted by molar-refractivity contribution is -0.137. The van der Waals surface area contributed by atoms with Crippen molar-refractivity contribution in [2.24, 2.45) is 0 Å². The molecule has 0 aromatic heterocycles. The summed E-state index contributed by atoms with van der Waals surface area (Å²) in [5.41, 5.74) is 1.20. The second-order valence-electron chi connectivity index (χ2n) is 3.68. The van der Waals surface area contributed by atoms with Crippen molar-refractivity contribution in [1.29, 1.82) is 0 Å². The molecular formula is C13H19NO3S. The van der Waals surface area contributed by atoms with E-state index < -0.39 is 0 Å². The number of ether oxygens (including phenoxy) is 2. The molecule has 4 nitrogen and oxygen atoms in total. The largest absolute Gasteiger partial charge is 0.468 e. The third-order valence-corrected chi connectivity index (χ3v) is 3.26. The molecule has 1 aromatic carbocycles. The molecule has 1 N–H and O–H groups in total. The highest BCUT2D eigenvalue weighted by Crippen LogP contribution is 2.19. The summed E-state index contributed by atoms with van der Waals surface area (Å²) in [6.45, 7) is 2.34. The number of nitrogens with one attached hydrogen (secondary N) is 1. The Bertz CT molecular complexity index is 371. The maximum absolute atomic E-state index is 11.0. The molecule has 0 saturated heterocycles. The van der Waals surface area contributed by atoms with E-state index in [2.05, 4.69) is 22.2 Å². The lowest BCUT2D eigenvalue weighted by Crippen LogP contribution is -2.18. The maximum atomic E-state index is 11.0. The number of carbonyl (C=O) groups is 1. The Balaban J connectivity index is 2.39. The third-order valence-electron chi connectivity index (χ3n) is 2.29. The maximum Gasteiger partial charge on any atom is 0.315 e. The Morgan fingerprint density at radius 3 is 2.94 bits per heavy atom. The predicted octanol–water partition coefficient (Wildman–Crippen LogP) is 1.69. The number of rotatable bonds is 8. The normalized spacial score (nSPS) is 10.3. The number of hydrogen-bond acceptors (Lipinski definition) is 5. The zero-order valence-corrected chi connectivity index (χ0v) is 11.6. The first kappa shape index (κ1) is 15.0. The fourth-order valence-corrected chi connectivity index (χ4v) is 2.17. The molecular weight excluding hydrogens is 250 g/mol. The van der Waals surface area contributed by atoms with Crippen molar-refractivity contribution in [1.82, 2.24) is 5.32 Å². The molecule has 1 rings (SSSR count).